The van der Waals surface area contributed by atoms with E-state index in [1.807, 2.05) is 54.3 Å². The normalized spacial score (nSPS) is 27.3. The summed E-state index contributed by atoms with van der Waals surface area (Å²) in [6, 6.07) is 13.9. The highest BCUT2D eigenvalue weighted by molar-refractivity contribution is 9.10. The highest BCUT2D eigenvalue weighted by Crippen LogP contribution is 2.46. The van der Waals surface area contributed by atoms with Gasteiger partial charge in [-0.25, -0.2) is 9.28 Å². The fourth-order valence-corrected chi connectivity index (χ4v) is 7.99. The summed E-state index contributed by atoms with van der Waals surface area (Å²) in [4.78, 5) is 46.2. The monoisotopic (exact) mass is 640 g/mol. The van der Waals surface area contributed by atoms with Gasteiger partial charge in [-0.05, 0) is 63.5 Å². The number of anilines is 1. The SMILES string of the molecule is Cc1ccc(C[N@+]2(C(=O)O)CCC(N3CCc4ccccc4NC3=O)CC2(CC=O)N2CCC(N(C)C)CC2)cc1Br. The first-order chi connectivity index (χ1) is 20.1. The van der Waals surface area contributed by atoms with E-state index in [9.17, 15) is 19.5 Å². The number of likely N-dealkylation sites (tertiary alicyclic amines) is 2. The van der Waals surface area contributed by atoms with E-state index >= 15 is 0 Å². The summed E-state index contributed by atoms with van der Waals surface area (Å²) in [5, 5.41) is 14.2. The predicted molar refractivity (Wildman–Crippen MR) is 166 cm³/mol. The lowest BCUT2D eigenvalue weighted by Gasteiger charge is -2.59. The molecule has 0 saturated carbocycles. The van der Waals surface area contributed by atoms with Crippen LogP contribution in [-0.2, 0) is 17.8 Å². The zero-order chi connectivity index (χ0) is 30.1. The number of carbonyl (C=O) groups is 3. The lowest BCUT2D eigenvalue weighted by atomic mass is 9.81. The van der Waals surface area contributed by atoms with Crippen molar-refractivity contribution in [1.82, 2.24) is 14.7 Å². The molecule has 2 saturated heterocycles. The topological polar surface area (TPSA) is 93.2 Å². The molecule has 2 aromatic rings. The maximum absolute atomic E-state index is 13.6. The number of rotatable bonds is 7. The van der Waals surface area contributed by atoms with Gasteiger partial charge in [0.1, 0.15) is 12.8 Å². The van der Waals surface area contributed by atoms with E-state index in [4.69, 9.17) is 0 Å². The Morgan fingerprint density at radius 1 is 1.17 bits per heavy atom. The molecule has 0 radical (unpaired) electrons. The molecule has 3 atom stereocenters. The van der Waals surface area contributed by atoms with Crippen LogP contribution in [0.5, 0.6) is 0 Å². The van der Waals surface area contributed by atoms with Crippen molar-refractivity contribution in [2.24, 2.45) is 0 Å². The van der Waals surface area contributed by atoms with Crippen LogP contribution in [0.4, 0.5) is 15.3 Å². The van der Waals surface area contributed by atoms with Crippen LogP contribution in [0.2, 0.25) is 0 Å². The van der Waals surface area contributed by atoms with E-state index in [1.165, 1.54) is 0 Å². The van der Waals surface area contributed by atoms with E-state index in [1.54, 1.807) is 0 Å². The second kappa shape index (κ2) is 12.4. The lowest BCUT2D eigenvalue weighted by Crippen LogP contribution is -2.78. The molecule has 9 nitrogen and oxygen atoms in total. The van der Waals surface area contributed by atoms with Crippen LogP contribution in [0, 0.1) is 6.92 Å². The molecule has 2 aromatic carbocycles. The molecule has 10 heteroatoms. The molecular weight excluding hydrogens is 598 g/mol. The van der Waals surface area contributed by atoms with Gasteiger partial charge >= 0.3 is 12.1 Å². The number of halogens is 1. The average Bonchev–Trinajstić information content (AvgIpc) is 3.14. The summed E-state index contributed by atoms with van der Waals surface area (Å²) in [5.41, 5.74) is 2.91. The molecule has 0 aliphatic carbocycles. The number of benzene rings is 2. The number of carboxylic acid groups (broad SMARTS) is 1. The molecule has 2 fully saturated rings. The molecule has 0 aromatic heterocycles. The number of aryl methyl sites for hydroxylation is 1. The second-order valence-electron chi connectivity index (χ2n) is 12.4. The van der Waals surface area contributed by atoms with Gasteiger partial charge in [-0.1, -0.05) is 46.3 Å². The number of amides is 3. The van der Waals surface area contributed by atoms with Crippen LogP contribution in [-0.4, -0.2) is 101 Å². The van der Waals surface area contributed by atoms with Crippen LogP contribution < -0.4 is 5.32 Å². The molecule has 42 heavy (non-hydrogen) atoms. The number of fused-ring (bicyclic) bond motifs is 1. The highest BCUT2D eigenvalue weighted by Gasteiger charge is 2.63. The third-order valence-electron chi connectivity index (χ3n) is 10.0. The van der Waals surface area contributed by atoms with E-state index in [0.29, 0.717) is 45.1 Å². The molecular formula is C32H43BrN5O4+. The fraction of sp³-hybridized carbons (Fsp3) is 0.531. The maximum Gasteiger partial charge on any atom is 0.515 e. The van der Waals surface area contributed by atoms with Gasteiger partial charge in [0.2, 0.25) is 0 Å². The first-order valence-electron chi connectivity index (χ1n) is 15.0. The predicted octanol–water partition coefficient (Wildman–Crippen LogP) is 5.32. The van der Waals surface area contributed by atoms with E-state index < -0.39 is 11.8 Å². The number of aldehydes is 1. The quantitative estimate of drug-likeness (QED) is 0.314. The summed E-state index contributed by atoms with van der Waals surface area (Å²) in [6.07, 6.45) is 3.54. The van der Waals surface area contributed by atoms with Crippen LogP contribution in [0.25, 0.3) is 0 Å². The summed E-state index contributed by atoms with van der Waals surface area (Å²) in [7, 11) is 4.17. The Labute approximate surface area is 257 Å². The Balaban J connectivity index is 1.55. The van der Waals surface area contributed by atoms with E-state index in [2.05, 4.69) is 45.1 Å². The Morgan fingerprint density at radius 3 is 2.57 bits per heavy atom. The highest BCUT2D eigenvalue weighted by atomic mass is 79.9. The third-order valence-corrected chi connectivity index (χ3v) is 10.9. The van der Waals surface area contributed by atoms with Gasteiger partial charge in [-0.15, -0.1) is 0 Å². The lowest BCUT2D eigenvalue weighted by molar-refractivity contribution is -0.942. The Kier molecular flexibility index (Phi) is 9.08. The minimum Gasteiger partial charge on any atom is -0.435 e. The van der Waals surface area contributed by atoms with Crippen molar-refractivity contribution in [1.29, 1.82) is 0 Å². The second-order valence-corrected chi connectivity index (χ2v) is 13.3. The first-order valence-corrected chi connectivity index (χ1v) is 15.8. The van der Waals surface area contributed by atoms with Crippen molar-refractivity contribution in [3.05, 3.63) is 63.6 Å². The Hall–Kier alpha value is -2.79. The standard InChI is InChI=1S/C32H42BrN5O4/c1-23-8-9-24(20-28(23)33)22-38(31(41)42)18-13-27(37-17-10-25-6-4-5-7-29(25)34-30(37)40)21-32(38,14-19-39)36-15-11-26(12-16-36)35(2)3/h4-9,19-20,26-27H,10-18,21-22H2,1-3H3,(H-,34,40,41,42)/p+1/t27?,32?,38-/m0/s1. The van der Waals surface area contributed by atoms with Gasteiger partial charge in [0.15, 0.2) is 5.66 Å². The molecule has 2 N–H and O–H groups in total. The van der Waals surface area contributed by atoms with Crippen molar-refractivity contribution in [3.63, 3.8) is 0 Å². The van der Waals surface area contributed by atoms with Gasteiger partial charge in [-0.3, -0.25) is 4.90 Å². The van der Waals surface area contributed by atoms with Crippen molar-refractivity contribution in [2.45, 2.75) is 69.7 Å². The van der Waals surface area contributed by atoms with Gasteiger partial charge < -0.3 is 25.0 Å². The number of hydrogen-bond acceptors (Lipinski definition) is 5. The summed E-state index contributed by atoms with van der Waals surface area (Å²) in [5.74, 6) is 0. The van der Waals surface area contributed by atoms with Crippen molar-refractivity contribution in [3.8, 4) is 0 Å². The number of carbonyl (C=O) groups excluding carboxylic acids is 2. The molecule has 0 bridgehead atoms. The zero-order valence-electron chi connectivity index (χ0n) is 24.9. The van der Waals surface area contributed by atoms with E-state index in [0.717, 1.165) is 52.4 Å². The molecule has 3 aliphatic rings. The summed E-state index contributed by atoms with van der Waals surface area (Å²) >= 11 is 3.63. The number of nitrogens with zero attached hydrogens (tertiary/aromatic N) is 4. The van der Waals surface area contributed by atoms with Crippen LogP contribution in [0.3, 0.4) is 0 Å². The largest absolute Gasteiger partial charge is 0.515 e. The maximum atomic E-state index is 13.6. The number of hydrogen-bond donors (Lipinski definition) is 2. The number of nitrogens with one attached hydrogen (secondary N) is 1. The Morgan fingerprint density at radius 2 is 1.90 bits per heavy atom. The average molecular weight is 642 g/mol. The van der Waals surface area contributed by atoms with E-state index in [-0.39, 0.29) is 29.5 Å². The van der Waals surface area contributed by atoms with Crippen molar-refractivity contribution >= 4 is 40.0 Å². The van der Waals surface area contributed by atoms with Crippen molar-refractivity contribution < 1.29 is 24.0 Å². The fourth-order valence-electron chi connectivity index (χ4n) is 7.57. The number of piperidine rings is 2. The van der Waals surface area contributed by atoms with Crippen LogP contribution in [0.15, 0.2) is 46.9 Å². The van der Waals surface area contributed by atoms with Gasteiger partial charge in [0, 0.05) is 60.3 Å². The molecule has 3 heterocycles. The minimum absolute atomic E-state index is 0.0884. The number of para-hydroxylation sites is 1. The summed E-state index contributed by atoms with van der Waals surface area (Å²) in [6.45, 7) is 4.55. The number of urea groups is 1. The summed E-state index contributed by atoms with van der Waals surface area (Å²) < 4.78 is 0.687. The van der Waals surface area contributed by atoms with Gasteiger partial charge in [-0.2, -0.15) is 4.79 Å². The van der Waals surface area contributed by atoms with Crippen molar-refractivity contribution in [2.75, 3.05) is 45.6 Å². The Bertz CT molecular complexity index is 1330. The zero-order valence-corrected chi connectivity index (χ0v) is 26.5. The molecule has 3 aliphatic heterocycles. The smallest absolute Gasteiger partial charge is 0.435 e. The molecule has 5 rings (SSSR count). The molecule has 226 valence electrons. The molecule has 2 unspecified atom stereocenters. The van der Waals surface area contributed by atoms with Crippen LogP contribution >= 0.6 is 15.9 Å². The molecule has 0 spiro atoms. The third kappa shape index (κ3) is 5.62. The minimum atomic E-state index is -0.995. The van der Waals surface area contributed by atoms with Gasteiger partial charge in [0.25, 0.3) is 0 Å². The van der Waals surface area contributed by atoms with Gasteiger partial charge in [0.05, 0.1) is 13.0 Å². The first kappa shape index (κ1) is 30.7. The van der Waals surface area contributed by atoms with Crippen LogP contribution in [0.1, 0.15) is 48.8 Å². The molecule has 3 amide bonds. The number of quaternary nitrogens is 1.